The minimum atomic E-state index is 0.128. The van der Waals surface area contributed by atoms with E-state index in [0.29, 0.717) is 12.0 Å². The number of aromatic amines is 1. The van der Waals surface area contributed by atoms with Gasteiger partial charge in [-0.3, -0.25) is 0 Å². The summed E-state index contributed by atoms with van der Waals surface area (Å²) in [6.07, 6.45) is 5.34. The SMILES string of the molecule is CNC1Cc2c[nH]c3cccc(c23)C1/C=C(/C)CO. The van der Waals surface area contributed by atoms with Crippen molar-refractivity contribution < 1.29 is 5.11 Å². The summed E-state index contributed by atoms with van der Waals surface area (Å²) in [4.78, 5) is 3.35. The highest BCUT2D eigenvalue weighted by atomic mass is 16.3. The van der Waals surface area contributed by atoms with Gasteiger partial charge < -0.3 is 15.4 Å². The lowest BCUT2D eigenvalue weighted by Gasteiger charge is -2.30. The van der Waals surface area contributed by atoms with Crippen LogP contribution in [0.1, 0.15) is 24.0 Å². The second-order valence-corrected chi connectivity index (χ2v) is 5.38. The van der Waals surface area contributed by atoms with Gasteiger partial charge in [-0.2, -0.15) is 0 Å². The Labute approximate surface area is 113 Å². The quantitative estimate of drug-likeness (QED) is 0.738. The highest BCUT2D eigenvalue weighted by Crippen LogP contribution is 2.37. The Kier molecular flexibility index (Phi) is 3.17. The van der Waals surface area contributed by atoms with Gasteiger partial charge in [-0.05, 0) is 37.6 Å². The molecule has 1 heterocycles. The monoisotopic (exact) mass is 256 g/mol. The van der Waals surface area contributed by atoms with Crippen LogP contribution in [0.4, 0.5) is 0 Å². The van der Waals surface area contributed by atoms with Crippen LogP contribution in [0.25, 0.3) is 10.9 Å². The van der Waals surface area contributed by atoms with Crippen molar-refractivity contribution in [2.45, 2.75) is 25.3 Å². The molecule has 2 unspecified atom stereocenters. The van der Waals surface area contributed by atoms with E-state index in [1.165, 1.54) is 22.0 Å². The molecule has 19 heavy (non-hydrogen) atoms. The molecule has 2 aromatic rings. The fourth-order valence-corrected chi connectivity index (χ4v) is 3.15. The Bertz CT molecular complexity index is 627. The van der Waals surface area contributed by atoms with Gasteiger partial charge in [-0.15, -0.1) is 0 Å². The van der Waals surface area contributed by atoms with Crippen molar-refractivity contribution in [2.75, 3.05) is 13.7 Å². The fraction of sp³-hybridized carbons (Fsp3) is 0.375. The summed E-state index contributed by atoms with van der Waals surface area (Å²) in [5.74, 6) is 0.323. The van der Waals surface area contributed by atoms with Crippen LogP contribution < -0.4 is 5.32 Å². The van der Waals surface area contributed by atoms with E-state index >= 15 is 0 Å². The molecule has 1 aliphatic carbocycles. The van der Waals surface area contributed by atoms with Crippen LogP contribution in [0.5, 0.6) is 0 Å². The number of aromatic nitrogens is 1. The number of likely N-dealkylation sites (N-methyl/N-ethyl adjacent to an activating group) is 1. The molecule has 1 aromatic carbocycles. The summed E-state index contributed by atoms with van der Waals surface area (Å²) in [7, 11) is 2.01. The molecule has 100 valence electrons. The van der Waals surface area contributed by atoms with Crippen molar-refractivity contribution in [1.29, 1.82) is 0 Å². The summed E-state index contributed by atoms with van der Waals surface area (Å²) in [6.45, 7) is 2.11. The first-order valence-electron chi connectivity index (χ1n) is 6.79. The Morgan fingerprint density at radius 3 is 3.11 bits per heavy atom. The number of nitrogens with one attached hydrogen (secondary N) is 2. The third kappa shape index (κ3) is 1.99. The number of hydrogen-bond acceptors (Lipinski definition) is 2. The van der Waals surface area contributed by atoms with Crippen LogP contribution in [0.2, 0.25) is 0 Å². The standard InChI is InChI=1S/C16H20N2O/c1-10(9-19)6-13-12-4-3-5-14-16(12)11(8-18-14)7-15(13)17-2/h3-6,8,13,15,17-19H,7,9H2,1-2H3/b10-6-. The van der Waals surface area contributed by atoms with Crippen LogP contribution in [0, 0.1) is 0 Å². The van der Waals surface area contributed by atoms with Crippen LogP contribution in [-0.4, -0.2) is 29.8 Å². The van der Waals surface area contributed by atoms with E-state index in [-0.39, 0.29) is 6.61 Å². The fourth-order valence-electron chi connectivity index (χ4n) is 3.15. The van der Waals surface area contributed by atoms with E-state index in [4.69, 9.17) is 0 Å². The summed E-state index contributed by atoms with van der Waals surface area (Å²) in [5.41, 5.74) is 4.98. The van der Waals surface area contributed by atoms with Gasteiger partial charge in [0.25, 0.3) is 0 Å². The molecule has 0 fully saturated rings. The predicted octanol–water partition coefficient (Wildman–Crippen LogP) is 2.33. The van der Waals surface area contributed by atoms with Crippen molar-refractivity contribution in [2.24, 2.45) is 0 Å². The zero-order valence-corrected chi connectivity index (χ0v) is 11.4. The normalized spacial score (nSPS) is 23.0. The van der Waals surface area contributed by atoms with Gasteiger partial charge in [0, 0.05) is 29.1 Å². The molecule has 1 aromatic heterocycles. The van der Waals surface area contributed by atoms with Gasteiger partial charge in [0.15, 0.2) is 0 Å². The molecule has 3 N–H and O–H groups in total. The van der Waals surface area contributed by atoms with Gasteiger partial charge in [0.2, 0.25) is 0 Å². The molecular weight excluding hydrogens is 236 g/mol. The van der Waals surface area contributed by atoms with E-state index in [2.05, 4.69) is 40.8 Å². The van der Waals surface area contributed by atoms with Crippen molar-refractivity contribution in [1.82, 2.24) is 10.3 Å². The second-order valence-electron chi connectivity index (χ2n) is 5.38. The smallest absolute Gasteiger partial charge is 0.0639 e. The molecule has 0 bridgehead atoms. The minimum absolute atomic E-state index is 0.128. The maximum atomic E-state index is 9.28. The van der Waals surface area contributed by atoms with E-state index < -0.39 is 0 Å². The largest absolute Gasteiger partial charge is 0.392 e. The van der Waals surface area contributed by atoms with E-state index in [0.717, 1.165) is 12.0 Å². The molecule has 0 radical (unpaired) electrons. The first kappa shape index (κ1) is 12.5. The molecular formula is C16H20N2O. The third-order valence-corrected chi connectivity index (χ3v) is 4.14. The molecule has 1 aliphatic rings. The topological polar surface area (TPSA) is 48.0 Å². The van der Waals surface area contributed by atoms with Gasteiger partial charge >= 0.3 is 0 Å². The molecule has 2 atom stereocenters. The maximum absolute atomic E-state index is 9.28. The Morgan fingerprint density at radius 2 is 2.37 bits per heavy atom. The summed E-state index contributed by atoms with van der Waals surface area (Å²) in [5, 5.41) is 14.1. The van der Waals surface area contributed by atoms with E-state index in [1.54, 1.807) is 0 Å². The molecule has 3 rings (SSSR count). The third-order valence-electron chi connectivity index (χ3n) is 4.14. The van der Waals surface area contributed by atoms with E-state index in [1.807, 2.05) is 14.0 Å². The highest BCUT2D eigenvalue weighted by Gasteiger charge is 2.28. The van der Waals surface area contributed by atoms with E-state index in [9.17, 15) is 5.11 Å². The average molecular weight is 256 g/mol. The average Bonchev–Trinajstić information content (AvgIpc) is 2.86. The van der Waals surface area contributed by atoms with Crippen LogP contribution >= 0.6 is 0 Å². The molecule has 0 amide bonds. The number of H-pyrrole nitrogens is 1. The molecule has 0 aliphatic heterocycles. The molecule has 0 spiro atoms. The molecule has 3 nitrogen and oxygen atoms in total. The Balaban J connectivity index is 2.17. The van der Waals surface area contributed by atoms with Crippen LogP contribution in [-0.2, 0) is 6.42 Å². The summed E-state index contributed by atoms with van der Waals surface area (Å²) < 4.78 is 0. The zero-order chi connectivity index (χ0) is 13.4. The van der Waals surface area contributed by atoms with Gasteiger partial charge in [0.05, 0.1) is 6.61 Å². The lowest BCUT2D eigenvalue weighted by Crippen LogP contribution is -2.35. The van der Waals surface area contributed by atoms with Gasteiger partial charge in [-0.25, -0.2) is 0 Å². The van der Waals surface area contributed by atoms with Crippen molar-refractivity contribution in [3.05, 3.63) is 47.2 Å². The number of hydrogen-bond donors (Lipinski definition) is 3. The lowest BCUT2D eigenvalue weighted by molar-refractivity contribution is 0.330. The summed E-state index contributed by atoms with van der Waals surface area (Å²) in [6, 6.07) is 6.82. The van der Waals surface area contributed by atoms with Crippen LogP contribution in [0.3, 0.4) is 0 Å². The zero-order valence-electron chi connectivity index (χ0n) is 11.4. The van der Waals surface area contributed by atoms with Gasteiger partial charge in [0.1, 0.15) is 0 Å². The molecule has 3 heteroatoms. The number of aliphatic hydroxyl groups is 1. The summed E-state index contributed by atoms with van der Waals surface area (Å²) >= 11 is 0. The Morgan fingerprint density at radius 1 is 1.53 bits per heavy atom. The van der Waals surface area contributed by atoms with Crippen molar-refractivity contribution in [3.63, 3.8) is 0 Å². The first-order valence-corrected chi connectivity index (χ1v) is 6.79. The Hall–Kier alpha value is -1.58. The van der Waals surface area contributed by atoms with Crippen LogP contribution in [0.15, 0.2) is 36.0 Å². The lowest BCUT2D eigenvalue weighted by atomic mass is 9.79. The first-order chi connectivity index (χ1) is 9.24. The minimum Gasteiger partial charge on any atom is -0.392 e. The molecule has 0 saturated carbocycles. The van der Waals surface area contributed by atoms with Crippen molar-refractivity contribution in [3.8, 4) is 0 Å². The van der Waals surface area contributed by atoms with Crippen molar-refractivity contribution >= 4 is 10.9 Å². The second kappa shape index (κ2) is 4.83. The number of rotatable bonds is 3. The molecule has 0 saturated heterocycles. The number of aliphatic hydroxyl groups excluding tert-OH is 1. The maximum Gasteiger partial charge on any atom is 0.0639 e. The van der Waals surface area contributed by atoms with Gasteiger partial charge in [-0.1, -0.05) is 23.8 Å². The predicted molar refractivity (Wildman–Crippen MR) is 78.4 cm³/mol. The highest BCUT2D eigenvalue weighted by molar-refractivity contribution is 5.88. The number of benzene rings is 1.